The Morgan fingerprint density at radius 3 is 2.63 bits per heavy atom. The lowest BCUT2D eigenvalue weighted by atomic mass is 9.98. The van der Waals surface area contributed by atoms with Crippen LogP contribution in [0, 0.1) is 17.6 Å². The van der Waals surface area contributed by atoms with Crippen molar-refractivity contribution in [2.24, 2.45) is 5.92 Å². The summed E-state index contributed by atoms with van der Waals surface area (Å²) in [6, 6.07) is 2.75. The number of carbonyl (C=O) groups is 1. The van der Waals surface area contributed by atoms with Crippen LogP contribution in [0.15, 0.2) is 12.1 Å². The van der Waals surface area contributed by atoms with E-state index in [2.05, 4.69) is 18.7 Å². The summed E-state index contributed by atoms with van der Waals surface area (Å²) in [5.74, 6) is -1.74. The quantitative estimate of drug-likeness (QED) is 0.722. The Morgan fingerprint density at radius 1 is 1.19 bits per heavy atom. The van der Waals surface area contributed by atoms with Crippen molar-refractivity contribution in [1.82, 2.24) is 4.90 Å². The average Bonchev–Trinajstić information content (AvgIpc) is 2.66. The van der Waals surface area contributed by atoms with Gasteiger partial charge in [0.2, 0.25) is 5.91 Å². The largest absolute Gasteiger partial charge is 0.378 e. The van der Waals surface area contributed by atoms with Crippen LogP contribution >= 0.6 is 0 Å². The zero-order valence-corrected chi connectivity index (χ0v) is 16.3. The van der Waals surface area contributed by atoms with E-state index < -0.39 is 11.6 Å². The molecule has 2 aliphatic rings. The van der Waals surface area contributed by atoms with Crippen LogP contribution in [-0.2, 0) is 16.0 Å². The maximum Gasteiger partial charge on any atom is 0.227 e. The Bertz CT molecular complexity index is 660. The molecule has 0 saturated carbocycles. The van der Waals surface area contributed by atoms with Gasteiger partial charge in [-0.05, 0) is 43.2 Å². The number of amides is 1. The summed E-state index contributed by atoms with van der Waals surface area (Å²) < 4.78 is 33.9. The molecule has 6 heteroatoms. The van der Waals surface area contributed by atoms with Gasteiger partial charge in [0.05, 0.1) is 11.8 Å². The fourth-order valence-electron chi connectivity index (χ4n) is 4.12. The second kappa shape index (κ2) is 9.11. The van der Waals surface area contributed by atoms with Gasteiger partial charge in [-0.25, -0.2) is 8.78 Å². The summed E-state index contributed by atoms with van der Waals surface area (Å²) in [5.41, 5.74) is 0.861. The molecule has 150 valence electrons. The van der Waals surface area contributed by atoms with Crippen LogP contribution in [0.2, 0.25) is 0 Å². The highest BCUT2D eigenvalue weighted by Gasteiger charge is 2.30. The van der Waals surface area contributed by atoms with E-state index in [-0.39, 0.29) is 17.5 Å². The summed E-state index contributed by atoms with van der Waals surface area (Å²) >= 11 is 0. The lowest BCUT2D eigenvalue weighted by Crippen LogP contribution is -2.44. The minimum Gasteiger partial charge on any atom is -0.378 e. The molecule has 1 fully saturated rings. The van der Waals surface area contributed by atoms with Crippen molar-refractivity contribution in [1.29, 1.82) is 0 Å². The third-order valence-corrected chi connectivity index (χ3v) is 5.49. The van der Waals surface area contributed by atoms with Crippen molar-refractivity contribution in [2.45, 2.75) is 52.1 Å². The molecule has 0 N–H and O–H groups in total. The number of anilines is 1. The number of fused-ring (bicyclic) bond motifs is 1. The van der Waals surface area contributed by atoms with Gasteiger partial charge in [0.25, 0.3) is 0 Å². The first kappa shape index (κ1) is 20.2. The van der Waals surface area contributed by atoms with Crippen molar-refractivity contribution in [3.05, 3.63) is 29.3 Å². The Morgan fingerprint density at radius 2 is 1.93 bits per heavy atom. The summed E-state index contributed by atoms with van der Waals surface area (Å²) in [6.45, 7) is 8.22. The Hall–Kier alpha value is -1.53. The van der Waals surface area contributed by atoms with Gasteiger partial charge < -0.3 is 14.5 Å². The van der Waals surface area contributed by atoms with Crippen LogP contribution in [0.1, 0.15) is 45.1 Å². The second-order valence-electron chi connectivity index (χ2n) is 7.85. The van der Waals surface area contributed by atoms with E-state index in [1.165, 1.54) is 4.90 Å². The predicted molar refractivity (Wildman–Crippen MR) is 102 cm³/mol. The minimum atomic E-state index is -0.901. The number of ether oxygens (including phenoxy) is 1. The lowest BCUT2D eigenvalue weighted by molar-refractivity contribution is -0.119. The van der Waals surface area contributed by atoms with Gasteiger partial charge in [-0.15, -0.1) is 0 Å². The normalized spacial score (nSPS) is 20.0. The number of benzene rings is 1. The highest BCUT2D eigenvalue weighted by Crippen LogP contribution is 2.32. The molecule has 1 saturated heterocycles. The molecule has 3 rings (SSSR count). The van der Waals surface area contributed by atoms with Crippen LogP contribution in [0.4, 0.5) is 14.5 Å². The van der Waals surface area contributed by atoms with Gasteiger partial charge in [-0.1, -0.05) is 19.9 Å². The highest BCUT2D eigenvalue weighted by atomic mass is 19.2. The Balaban J connectivity index is 1.58. The second-order valence-corrected chi connectivity index (χ2v) is 7.85. The predicted octanol–water partition coefficient (Wildman–Crippen LogP) is 3.77. The van der Waals surface area contributed by atoms with Crippen LogP contribution in [0.5, 0.6) is 0 Å². The van der Waals surface area contributed by atoms with Crippen molar-refractivity contribution in [3.8, 4) is 0 Å². The molecule has 2 aliphatic heterocycles. The smallest absolute Gasteiger partial charge is 0.227 e. The molecule has 0 spiro atoms. The van der Waals surface area contributed by atoms with E-state index in [1.807, 2.05) is 0 Å². The third kappa shape index (κ3) is 4.85. The number of nitrogens with zero attached hydrogens (tertiary/aromatic N) is 2. The molecule has 1 aromatic carbocycles. The lowest BCUT2D eigenvalue weighted by Gasteiger charge is -2.36. The van der Waals surface area contributed by atoms with E-state index in [0.29, 0.717) is 25.5 Å². The molecule has 0 bridgehead atoms. The fourth-order valence-corrected chi connectivity index (χ4v) is 4.12. The van der Waals surface area contributed by atoms with Gasteiger partial charge in [-0.2, -0.15) is 0 Å². The molecule has 0 aromatic heterocycles. The number of halogens is 2. The van der Waals surface area contributed by atoms with E-state index in [0.717, 1.165) is 57.1 Å². The zero-order valence-electron chi connectivity index (χ0n) is 16.3. The first-order valence-electron chi connectivity index (χ1n) is 10.1. The first-order valence-corrected chi connectivity index (χ1v) is 10.1. The summed E-state index contributed by atoms with van der Waals surface area (Å²) in [5, 5.41) is 0. The maximum absolute atomic E-state index is 14.4. The number of aryl methyl sites for hydroxylation is 1. The highest BCUT2D eigenvalue weighted by molar-refractivity contribution is 5.96. The van der Waals surface area contributed by atoms with E-state index in [1.54, 1.807) is 6.07 Å². The molecule has 1 atom stereocenters. The molecule has 1 unspecified atom stereocenters. The van der Waals surface area contributed by atoms with Gasteiger partial charge in [0.15, 0.2) is 11.6 Å². The molecule has 4 nitrogen and oxygen atoms in total. The SMILES string of the molecule is CCCOC1CCN(CC(C)CN2C(=O)CCc3ccc(F)c(F)c32)CC1. The standard InChI is InChI=1S/C21H30F2N2O2/c1-3-12-27-17-8-10-24(11-9-17)13-15(2)14-25-19(26)7-5-16-4-6-18(22)20(23)21(16)25/h4,6,15,17H,3,5,7-14H2,1-2H3. The number of carbonyl (C=O) groups excluding carboxylic acids is 1. The van der Waals surface area contributed by atoms with E-state index >= 15 is 0 Å². The summed E-state index contributed by atoms with van der Waals surface area (Å²) in [6.07, 6.45) is 4.27. The molecule has 2 heterocycles. The molecule has 1 amide bonds. The summed E-state index contributed by atoms with van der Waals surface area (Å²) in [4.78, 5) is 16.2. The number of hydrogen-bond donors (Lipinski definition) is 0. The third-order valence-electron chi connectivity index (χ3n) is 5.49. The number of likely N-dealkylation sites (tertiary alicyclic amines) is 1. The van der Waals surface area contributed by atoms with Crippen molar-refractivity contribution >= 4 is 11.6 Å². The van der Waals surface area contributed by atoms with Gasteiger partial charge >= 0.3 is 0 Å². The van der Waals surface area contributed by atoms with Crippen LogP contribution in [0.25, 0.3) is 0 Å². The molecule has 0 radical (unpaired) electrons. The average molecular weight is 380 g/mol. The Labute approximate surface area is 160 Å². The molecular weight excluding hydrogens is 350 g/mol. The number of hydrogen-bond acceptors (Lipinski definition) is 3. The molecule has 27 heavy (non-hydrogen) atoms. The molecule has 0 aliphatic carbocycles. The fraction of sp³-hybridized carbons (Fsp3) is 0.667. The van der Waals surface area contributed by atoms with Crippen LogP contribution in [0.3, 0.4) is 0 Å². The zero-order chi connectivity index (χ0) is 19.4. The van der Waals surface area contributed by atoms with Crippen molar-refractivity contribution in [2.75, 3.05) is 37.7 Å². The van der Waals surface area contributed by atoms with Gasteiger partial charge in [0.1, 0.15) is 0 Å². The van der Waals surface area contributed by atoms with Crippen molar-refractivity contribution < 1.29 is 18.3 Å². The number of piperidine rings is 1. The Kier molecular flexibility index (Phi) is 6.82. The van der Waals surface area contributed by atoms with Gasteiger partial charge in [-0.3, -0.25) is 4.79 Å². The van der Waals surface area contributed by atoms with Crippen molar-refractivity contribution in [3.63, 3.8) is 0 Å². The van der Waals surface area contributed by atoms with E-state index in [4.69, 9.17) is 4.74 Å². The van der Waals surface area contributed by atoms with E-state index in [9.17, 15) is 13.6 Å². The van der Waals surface area contributed by atoms with Gasteiger partial charge in [0, 0.05) is 39.2 Å². The number of rotatable bonds is 7. The molecule has 1 aromatic rings. The maximum atomic E-state index is 14.4. The molecular formula is C21H30F2N2O2. The van der Waals surface area contributed by atoms with Crippen LogP contribution in [-0.4, -0.2) is 49.7 Å². The van der Waals surface area contributed by atoms with Crippen LogP contribution < -0.4 is 4.90 Å². The topological polar surface area (TPSA) is 32.8 Å². The first-order chi connectivity index (χ1) is 13.0. The monoisotopic (exact) mass is 380 g/mol. The summed E-state index contributed by atoms with van der Waals surface area (Å²) in [7, 11) is 0. The minimum absolute atomic E-state index is 0.120.